The summed E-state index contributed by atoms with van der Waals surface area (Å²) in [7, 11) is 1.45. The lowest BCUT2D eigenvalue weighted by molar-refractivity contribution is -0.137. The molecule has 0 fully saturated rings. The number of carbonyl (C=O) groups is 1. The Morgan fingerprint density at radius 2 is 1.88 bits per heavy atom. The maximum atomic E-state index is 12.8. The minimum atomic E-state index is -4.68. The first-order valence-electron chi connectivity index (χ1n) is 7.57. The molecule has 1 aromatic carbocycles. The standard InChI is InChI=1S/C17H17F3N2O4/c1-9(2)26-14-7-11(4-5-13(14)25-3)22-16(24)12-6-10(17(18,19)20)8-21-15(12)23/h4-9H,1-3H3,(H,21,23)(H,22,24). The number of aromatic nitrogens is 1. The van der Waals surface area contributed by atoms with Crippen molar-refractivity contribution in [3.63, 3.8) is 0 Å². The molecule has 2 rings (SSSR count). The summed E-state index contributed by atoms with van der Waals surface area (Å²) in [5.41, 5.74) is -2.46. The molecule has 0 spiro atoms. The van der Waals surface area contributed by atoms with Gasteiger partial charge in [0.2, 0.25) is 0 Å². The summed E-state index contributed by atoms with van der Waals surface area (Å²) < 4.78 is 49.0. The highest BCUT2D eigenvalue weighted by atomic mass is 19.4. The average Bonchev–Trinajstić information content (AvgIpc) is 2.53. The summed E-state index contributed by atoms with van der Waals surface area (Å²) >= 11 is 0. The summed E-state index contributed by atoms with van der Waals surface area (Å²) in [6.45, 7) is 3.60. The zero-order valence-electron chi connectivity index (χ0n) is 14.2. The molecule has 0 aliphatic rings. The van der Waals surface area contributed by atoms with Crippen LogP contribution in [0.1, 0.15) is 29.8 Å². The molecule has 2 N–H and O–H groups in total. The fraction of sp³-hybridized carbons (Fsp3) is 0.294. The van der Waals surface area contributed by atoms with Gasteiger partial charge in [0, 0.05) is 18.0 Å². The third kappa shape index (κ3) is 4.56. The molecule has 0 saturated carbocycles. The molecule has 6 nitrogen and oxygen atoms in total. The Labute approximate surface area is 146 Å². The van der Waals surface area contributed by atoms with E-state index in [2.05, 4.69) is 5.32 Å². The monoisotopic (exact) mass is 370 g/mol. The number of amides is 1. The molecule has 0 aliphatic heterocycles. The lowest BCUT2D eigenvalue weighted by Crippen LogP contribution is -2.24. The quantitative estimate of drug-likeness (QED) is 0.845. The van der Waals surface area contributed by atoms with Crippen molar-refractivity contribution in [3.05, 3.63) is 51.9 Å². The number of carbonyl (C=O) groups excluding carboxylic acids is 1. The van der Waals surface area contributed by atoms with Crippen LogP contribution in [0.25, 0.3) is 0 Å². The molecule has 1 amide bonds. The first kappa shape index (κ1) is 19.4. The van der Waals surface area contributed by atoms with Crippen LogP contribution in [0.5, 0.6) is 11.5 Å². The van der Waals surface area contributed by atoms with Crippen LogP contribution in [-0.2, 0) is 6.18 Å². The number of nitrogens with one attached hydrogen (secondary N) is 2. The smallest absolute Gasteiger partial charge is 0.417 e. The molecular weight excluding hydrogens is 353 g/mol. The Morgan fingerprint density at radius 1 is 1.19 bits per heavy atom. The number of H-pyrrole nitrogens is 1. The van der Waals surface area contributed by atoms with Crippen LogP contribution >= 0.6 is 0 Å². The number of halogens is 3. The van der Waals surface area contributed by atoms with Gasteiger partial charge in [-0.1, -0.05) is 0 Å². The Kier molecular flexibility index (Phi) is 5.59. The molecular formula is C17H17F3N2O4. The molecule has 9 heteroatoms. The van der Waals surface area contributed by atoms with Gasteiger partial charge in [0.15, 0.2) is 11.5 Å². The lowest BCUT2D eigenvalue weighted by atomic mass is 10.1. The third-order valence-electron chi connectivity index (χ3n) is 3.26. The summed E-state index contributed by atoms with van der Waals surface area (Å²) in [6.07, 6.45) is -4.33. The molecule has 26 heavy (non-hydrogen) atoms. The SMILES string of the molecule is COc1ccc(NC(=O)c2cc(C(F)(F)F)c[nH]c2=O)cc1OC(C)C. The van der Waals surface area contributed by atoms with Crippen LogP contribution in [0.3, 0.4) is 0 Å². The molecule has 2 aromatic rings. The number of hydrogen-bond acceptors (Lipinski definition) is 4. The maximum Gasteiger partial charge on any atom is 0.417 e. The van der Waals surface area contributed by atoms with Gasteiger partial charge in [-0.25, -0.2) is 0 Å². The number of aromatic amines is 1. The van der Waals surface area contributed by atoms with Crippen LogP contribution in [-0.4, -0.2) is 24.1 Å². The molecule has 0 radical (unpaired) electrons. The Balaban J connectivity index is 2.32. The predicted molar refractivity (Wildman–Crippen MR) is 88.8 cm³/mol. The summed E-state index contributed by atoms with van der Waals surface area (Å²) in [6, 6.07) is 4.97. The number of benzene rings is 1. The van der Waals surface area contributed by atoms with Crippen molar-refractivity contribution >= 4 is 11.6 Å². The van der Waals surface area contributed by atoms with Gasteiger partial charge in [-0.05, 0) is 32.0 Å². The third-order valence-corrected chi connectivity index (χ3v) is 3.26. The summed E-state index contributed by atoms with van der Waals surface area (Å²) in [5.74, 6) is -0.204. The van der Waals surface area contributed by atoms with Crippen LogP contribution in [0, 0.1) is 0 Å². The summed E-state index contributed by atoms with van der Waals surface area (Å²) in [4.78, 5) is 25.9. The van der Waals surface area contributed by atoms with E-state index in [9.17, 15) is 22.8 Å². The number of ether oxygens (including phenoxy) is 2. The van der Waals surface area contributed by atoms with Crippen molar-refractivity contribution in [1.82, 2.24) is 4.98 Å². The van der Waals surface area contributed by atoms with Gasteiger partial charge in [0.1, 0.15) is 5.56 Å². The number of anilines is 1. The van der Waals surface area contributed by atoms with E-state index in [4.69, 9.17) is 9.47 Å². The van der Waals surface area contributed by atoms with Crippen molar-refractivity contribution in [1.29, 1.82) is 0 Å². The minimum Gasteiger partial charge on any atom is -0.493 e. The fourth-order valence-corrected chi connectivity index (χ4v) is 2.12. The first-order valence-corrected chi connectivity index (χ1v) is 7.57. The summed E-state index contributed by atoms with van der Waals surface area (Å²) in [5, 5.41) is 2.38. The second kappa shape index (κ2) is 7.51. The zero-order chi connectivity index (χ0) is 19.5. The predicted octanol–water partition coefficient (Wildman–Crippen LogP) is 3.44. The van der Waals surface area contributed by atoms with E-state index >= 15 is 0 Å². The van der Waals surface area contributed by atoms with Crippen LogP contribution in [0.15, 0.2) is 35.3 Å². The van der Waals surface area contributed by atoms with Gasteiger partial charge < -0.3 is 19.8 Å². The Bertz CT molecular complexity index is 860. The van der Waals surface area contributed by atoms with E-state index in [1.54, 1.807) is 13.8 Å². The Hall–Kier alpha value is -2.97. The van der Waals surface area contributed by atoms with E-state index in [1.807, 2.05) is 4.98 Å². The highest BCUT2D eigenvalue weighted by Gasteiger charge is 2.32. The van der Waals surface area contributed by atoms with Gasteiger partial charge in [0.25, 0.3) is 11.5 Å². The van der Waals surface area contributed by atoms with Crippen molar-refractivity contribution in [2.45, 2.75) is 26.1 Å². The number of hydrogen-bond donors (Lipinski definition) is 2. The number of rotatable bonds is 5. The highest BCUT2D eigenvalue weighted by Crippen LogP contribution is 2.31. The number of pyridine rings is 1. The van der Waals surface area contributed by atoms with Crippen LogP contribution in [0.2, 0.25) is 0 Å². The van der Waals surface area contributed by atoms with Gasteiger partial charge in [0.05, 0.1) is 18.8 Å². The fourth-order valence-electron chi connectivity index (χ4n) is 2.12. The number of alkyl halides is 3. The van der Waals surface area contributed by atoms with Gasteiger partial charge >= 0.3 is 6.18 Å². The molecule has 0 saturated heterocycles. The van der Waals surface area contributed by atoms with Crippen molar-refractivity contribution in [3.8, 4) is 11.5 Å². The molecule has 1 heterocycles. The molecule has 1 aromatic heterocycles. The van der Waals surface area contributed by atoms with Crippen molar-refractivity contribution < 1.29 is 27.4 Å². The number of methoxy groups -OCH3 is 1. The normalized spacial score (nSPS) is 11.3. The Morgan fingerprint density at radius 3 is 2.46 bits per heavy atom. The first-order chi connectivity index (χ1) is 12.1. The molecule has 0 aliphatic carbocycles. The van der Waals surface area contributed by atoms with E-state index in [0.717, 1.165) is 0 Å². The van der Waals surface area contributed by atoms with E-state index in [0.29, 0.717) is 23.8 Å². The van der Waals surface area contributed by atoms with Gasteiger partial charge in [-0.3, -0.25) is 9.59 Å². The van der Waals surface area contributed by atoms with Crippen LogP contribution in [0.4, 0.5) is 18.9 Å². The van der Waals surface area contributed by atoms with E-state index in [-0.39, 0.29) is 11.8 Å². The highest BCUT2D eigenvalue weighted by molar-refractivity contribution is 6.04. The van der Waals surface area contributed by atoms with Crippen LogP contribution < -0.4 is 20.3 Å². The average molecular weight is 370 g/mol. The second-order valence-electron chi connectivity index (χ2n) is 5.62. The van der Waals surface area contributed by atoms with E-state index < -0.39 is 28.8 Å². The van der Waals surface area contributed by atoms with Crippen molar-refractivity contribution in [2.75, 3.05) is 12.4 Å². The maximum absolute atomic E-state index is 12.8. The minimum absolute atomic E-state index is 0.166. The topological polar surface area (TPSA) is 80.4 Å². The van der Waals surface area contributed by atoms with E-state index in [1.165, 1.54) is 25.3 Å². The second-order valence-corrected chi connectivity index (χ2v) is 5.62. The molecule has 0 unspecified atom stereocenters. The molecule has 0 bridgehead atoms. The largest absolute Gasteiger partial charge is 0.493 e. The lowest BCUT2D eigenvalue weighted by Gasteiger charge is -2.15. The van der Waals surface area contributed by atoms with Gasteiger partial charge in [-0.2, -0.15) is 13.2 Å². The molecule has 0 atom stereocenters. The molecule has 140 valence electrons. The van der Waals surface area contributed by atoms with Gasteiger partial charge in [-0.15, -0.1) is 0 Å². The zero-order valence-corrected chi connectivity index (χ0v) is 14.2. The van der Waals surface area contributed by atoms with Crippen molar-refractivity contribution in [2.24, 2.45) is 0 Å².